The number of rotatable bonds is 9. The van der Waals surface area contributed by atoms with E-state index in [0.29, 0.717) is 12.5 Å². The van der Waals surface area contributed by atoms with E-state index in [1.54, 1.807) is 0 Å². The molecule has 2 amide bonds. The topological polar surface area (TPSA) is 75.3 Å². The third kappa shape index (κ3) is 10.4. The van der Waals surface area contributed by atoms with Gasteiger partial charge in [0.15, 0.2) is 0 Å². The minimum Gasteiger partial charge on any atom is -0.338 e. The highest BCUT2D eigenvalue weighted by Crippen LogP contribution is 2.10. The largest absolute Gasteiger partial charge is 0.338 e. The lowest BCUT2D eigenvalue weighted by molar-refractivity contribution is 0.238. The number of sulfone groups is 1. The second-order valence-electron chi connectivity index (χ2n) is 4.68. The summed E-state index contributed by atoms with van der Waals surface area (Å²) in [5, 5.41) is 5.33. The first-order valence-corrected chi connectivity index (χ1v) is 8.64. The van der Waals surface area contributed by atoms with E-state index >= 15 is 0 Å². The van der Waals surface area contributed by atoms with Crippen LogP contribution < -0.4 is 10.6 Å². The van der Waals surface area contributed by atoms with Crippen LogP contribution in [-0.4, -0.2) is 39.5 Å². The summed E-state index contributed by atoms with van der Waals surface area (Å²) >= 11 is 0. The Bertz CT molecular complexity index is 328. The van der Waals surface area contributed by atoms with Crippen LogP contribution in [0.1, 0.15) is 39.5 Å². The van der Waals surface area contributed by atoms with Gasteiger partial charge in [-0.05, 0) is 12.3 Å². The Morgan fingerprint density at radius 3 is 2.39 bits per heavy atom. The molecule has 0 saturated carbocycles. The van der Waals surface area contributed by atoms with Gasteiger partial charge in [0.1, 0.15) is 9.84 Å². The zero-order valence-electron chi connectivity index (χ0n) is 11.7. The standard InChI is InChI=1S/C12H26N2O3S/c1-4-6-7-11(5-2)10-14-12(15)13-8-9-18(3,16)17/h11H,4-10H2,1-3H3,(H2,13,14,15). The Labute approximate surface area is 111 Å². The first kappa shape index (κ1) is 17.2. The number of hydrogen-bond donors (Lipinski definition) is 2. The average molecular weight is 278 g/mol. The van der Waals surface area contributed by atoms with Gasteiger partial charge in [-0.3, -0.25) is 0 Å². The molecule has 0 aliphatic carbocycles. The van der Waals surface area contributed by atoms with Gasteiger partial charge >= 0.3 is 6.03 Å². The number of amides is 2. The van der Waals surface area contributed by atoms with E-state index in [0.717, 1.165) is 25.5 Å². The number of urea groups is 1. The van der Waals surface area contributed by atoms with E-state index in [1.165, 1.54) is 6.42 Å². The highest BCUT2D eigenvalue weighted by Gasteiger charge is 2.08. The second kappa shape index (κ2) is 9.19. The predicted octanol–water partition coefficient (Wildman–Crippen LogP) is 1.55. The van der Waals surface area contributed by atoms with Gasteiger partial charge < -0.3 is 10.6 Å². The third-order valence-electron chi connectivity index (χ3n) is 2.85. The Hall–Kier alpha value is -0.780. The molecule has 0 heterocycles. The molecule has 18 heavy (non-hydrogen) atoms. The highest BCUT2D eigenvalue weighted by atomic mass is 32.2. The van der Waals surface area contributed by atoms with Crippen molar-refractivity contribution >= 4 is 15.9 Å². The summed E-state index contributed by atoms with van der Waals surface area (Å²) in [4.78, 5) is 11.4. The molecule has 6 heteroatoms. The Morgan fingerprint density at radius 1 is 1.22 bits per heavy atom. The van der Waals surface area contributed by atoms with Gasteiger partial charge in [-0.2, -0.15) is 0 Å². The molecule has 0 aliphatic heterocycles. The van der Waals surface area contributed by atoms with Crippen molar-refractivity contribution in [3.63, 3.8) is 0 Å². The molecule has 5 nitrogen and oxygen atoms in total. The summed E-state index contributed by atoms with van der Waals surface area (Å²) in [5.74, 6) is 0.485. The lowest BCUT2D eigenvalue weighted by Gasteiger charge is -2.15. The lowest BCUT2D eigenvalue weighted by Crippen LogP contribution is -2.40. The van der Waals surface area contributed by atoms with Gasteiger partial charge in [-0.1, -0.05) is 33.1 Å². The van der Waals surface area contributed by atoms with Crippen molar-refractivity contribution in [1.29, 1.82) is 0 Å². The van der Waals surface area contributed by atoms with Crippen molar-refractivity contribution in [2.75, 3.05) is 25.1 Å². The van der Waals surface area contributed by atoms with Crippen molar-refractivity contribution < 1.29 is 13.2 Å². The van der Waals surface area contributed by atoms with E-state index < -0.39 is 9.84 Å². The average Bonchev–Trinajstić information content (AvgIpc) is 2.27. The maximum atomic E-state index is 11.4. The molecule has 108 valence electrons. The molecule has 0 rings (SSSR count). The predicted molar refractivity (Wildman–Crippen MR) is 74.4 cm³/mol. The van der Waals surface area contributed by atoms with Crippen LogP contribution in [0, 0.1) is 5.92 Å². The third-order valence-corrected chi connectivity index (χ3v) is 3.80. The monoisotopic (exact) mass is 278 g/mol. The summed E-state index contributed by atoms with van der Waals surface area (Å²) in [5.41, 5.74) is 0. The molecule has 0 aromatic carbocycles. The van der Waals surface area contributed by atoms with Crippen molar-refractivity contribution in [2.45, 2.75) is 39.5 Å². The fraction of sp³-hybridized carbons (Fsp3) is 0.917. The van der Waals surface area contributed by atoms with Gasteiger partial charge in [-0.15, -0.1) is 0 Å². The quantitative estimate of drug-likeness (QED) is 0.672. The first-order chi connectivity index (χ1) is 8.39. The van der Waals surface area contributed by atoms with Crippen LogP contribution in [0.3, 0.4) is 0 Å². The van der Waals surface area contributed by atoms with Crippen molar-refractivity contribution in [2.24, 2.45) is 5.92 Å². The van der Waals surface area contributed by atoms with E-state index in [9.17, 15) is 13.2 Å². The minimum absolute atomic E-state index is 0.0204. The SMILES string of the molecule is CCCCC(CC)CNC(=O)NCCS(C)(=O)=O. The molecule has 0 saturated heterocycles. The summed E-state index contributed by atoms with van der Waals surface area (Å²) in [7, 11) is -3.01. The first-order valence-electron chi connectivity index (χ1n) is 6.58. The number of unbranched alkanes of at least 4 members (excludes halogenated alkanes) is 1. The molecule has 1 atom stereocenters. The molecule has 0 aromatic rings. The van der Waals surface area contributed by atoms with E-state index in [4.69, 9.17) is 0 Å². The van der Waals surface area contributed by atoms with Gasteiger partial charge in [-0.25, -0.2) is 13.2 Å². The molecule has 2 N–H and O–H groups in total. The Kier molecular flexibility index (Phi) is 8.79. The molecule has 1 unspecified atom stereocenters. The van der Waals surface area contributed by atoms with Crippen molar-refractivity contribution in [3.05, 3.63) is 0 Å². The zero-order chi connectivity index (χ0) is 14.0. The zero-order valence-corrected chi connectivity index (χ0v) is 12.5. The summed E-state index contributed by atoms with van der Waals surface area (Å²) < 4.78 is 21.7. The normalized spacial score (nSPS) is 13.1. The number of nitrogens with one attached hydrogen (secondary N) is 2. The van der Waals surface area contributed by atoms with Crippen LogP contribution in [-0.2, 0) is 9.84 Å². The van der Waals surface area contributed by atoms with Gasteiger partial charge in [0.25, 0.3) is 0 Å². The van der Waals surface area contributed by atoms with Crippen molar-refractivity contribution in [1.82, 2.24) is 10.6 Å². The molecular formula is C12H26N2O3S. The molecular weight excluding hydrogens is 252 g/mol. The van der Waals surface area contributed by atoms with E-state index in [2.05, 4.69) is 24.5 Å². The van der Waals surface area contributed by atoms with Crippen LogP contribution in [0.4, 0.5) is 4.79 Å². The number of carbonyl (C=O) groups is 1. The molecule has 0 aromatic heterocycles. The molecule has 0 fully saturated rings. The smallest absolute Gasteiger partial charge is 0.314 e. The molecule has 0 aliphatic rings. The molecule has 0 bridgehead atoms. The van der Waals surface area contributed by atoms with E-state index in [-0.39, 0.29) is 18.3 Å². The highest BCUT2D eigenvalue weighted by molar-refractivity contribution is 7.90. The van der Waals surface area contributed by atoms with Crippen LogP contribution in [0.2, 0.25) is 0 Å². The van der Waals surface area contributed by atoms with Crippen LogP contribution >= 0.6 is 0 Å². The second-order valence-corrected chi connectivity index (χ2v) is 6.94. The number of hydrogen-bond acceptors (Lipinski definition) is 3. The van der Waals surface area contributed by atoms with Crippen LogP contribution in [0.25, 0.3) is 0 Å². The Morgan fingerprint density at radius 2 is 1.89 bits per heavy atom. The molecule has 0 spiro atoms. The summed E-state index contributed by atoms with van der Waals surface area (Å²) in [6, 6.07) is -0.284. The summed E-state index contributed by atoms with van der Waals surface area (Å²) in [6.07, 6.45) is 5.66. The fourth-order valence-corrected chi connectivity index (χ4v) is 2.07. The lowest BCUT2D eigenvalue weighted by atomic mass is 9.99. The van der Waals surface area contributed by atoms with Gasteiger partial charge in [0.05, 0.1) is 5.75 Å². The maximum absolute atomic E-state index is 11.4. The Balaban J connectivity index is 3.74. The summed E-state index contributed by atoms with van der Waals surface area (Å²) in [6.45, 7) is 5.08. The van der Waals surface area contributed by atoms with Gasteiger partial charge in [0, 0.05) is 19.3 Å². The van der Waals surface area contributed by atoms with Crippen LogP contribution in [0.15, 0.2) is 0 Å². The molecule has 0 radical (unpaired) electrons. The maximum Gasteiger partial charge on any atom is 0.314 e. The van der Waals surface area contributed by atoms with E-state index in [1.807, 2.05) is 0 Å². The number of carbonyl (C=O) groups excluding carboxylic acids is 1. The van der Waals surface area contributed by atoms with Crippen LogP contribution in [0.5, 0.6) is 0 Å². The fourth-order valence-electron chi connectivity index (χ4n) is 1.59. The van der Waals surface area contributed by atoms with Gasteiger partial charge in [0.2, 0.25) is 0 Å². The van der Waals surface area contributed by atoms with Crippen molar-refractivity contribution in [3.8, 4) is 0 Å². The minimum atomic E-state index is -3.01.